The van der Waals surface area contributed by atoms with Crippen molar-refractivity contribution >= 4 is 22.6 Å². The zero-order chi connectivity index (χ0) is 18.5. The Morgan fingerprint density at radius 1 is 1.22 bits per heavy atom. The SMILES string of the molecule is Cc1c(-c2cc3c(N4CCN(C(=O)C5CC5)CC4)ccnc3[nH]2)cnn1C. The number of hydrogen-bond donors (Lipinski definition) is 1. The molecule has 0 aromatic carbocycles. The number of fused-ring (bicyclic) bond motifs is 1. The van der Waals surface area contributed by atoms with E-state index in [0.717, 1.165) is 67.0 Å². The highest BCUT2D eigenvalue weighted by Gasteiger charge is 2.34. The van der Waals surface area contributed by atoms with Gasteiger partial charge in [0.05, 0.1) is 11.9 Å². The zero-order valence-electron chi connectivity index (χ0n) is 15.8. The monoisotopic (exact) mass is 364 g/mol. The lowest BCUT2D eigenvalue weighted by Crippen LogP contribution is -2.49. The van der Waals surface area contributed by atoms with Crippen molar-refractivity contribution in [1.29, 1.82) is 0 Å². The van der Waals surface area contributed by atoms with Crippen molar-refractivity contribution in [2.75, 3.05) is 31.1 Å². The summed E-state index contributed by atoms with van der Waals surface area (Å²) in [6, 6.07) is 4.25. The van der Waals surface area contributed by atoms with E-state index in [1.807, 2.05) is 29.0 Å². The smallest absolute Gasteiger partial charge is 0.225 e. The van der Waals surface area contributed by atoms with E-state index < -0.39 is 0 Å². The van der Waals surface area contributed by atoms with Gasteiger partial charge >= 0.3 is 0 Å². The Morgan fingerprint density at radius 3 is 2.67 bits per heavy atom. The van der Waals surface area contributed by atoms with Crippen molar-refractivity contribution in [2.45, 2.75) is 19.8 Å². The number of aromatic amines is 1. The summed E-state index contributed by atoms with van der Waals surface area (Å²) >= 11 is 0. The number of carbonyl (C=O) groups is 1. The molecule has 7 nitrogen and oxygen atoms in total. The van der Waals surface area contributed by atoms with Crippen molar-refractivity contribution < 1.29 is 4.79 Å². The Balaban J connectivity index is 1.42. The minimum atomic E-state index is 0.305. The molecule has 5 rings (SSSR count). The molecule has 0 unspecified atom stereocenters. The number of amides is 1. The fraction of sp³-hybridized carbons (Fsp3) is 0.450. The molecule has 2 aliphatic rings. The average molecular weight is 364 g/mol. The summed E-state index contributed by atoms with van der Waals surface area (Å²) in [5.41, 5.74) is 5.33. The van der Waals surface area contributed by atoms with Gasteiger partial charge in [0.15, 0.2) is 0 Å². The number of nitrogens with one attached hydrogen (secondary N) is 1. The summed E-state index contributed by atoms with van der Waals surface area (Å²) in [7, 11) is 1.95. The number of pyridine rings is 1. The maximum atomic E-state index is 12.3. The maximum absolute atomic E-state index is 12.3. The fourth-order valence-corrected chi connectivity index (χ4v) is 3.95. The summed E-state index contributed by atoms with van der Waals surface area (Å²) < 4.78 is 1.88. The summed E-state index contributed by atoms with van der Waals surface area (Å²) in [6.07, 6.45) is 5.89. The second kappa shape index (κ2) is 6.11. The van der Waals surface area contributed by atoms with Crippen LogP contribution in [-0.4, -0.2) is 56.7 Å². The van der Waals surface area contributed by atoms with E-state index in [1.165, 1.54) is 5.69 Å². The topological polar surface area (TPSA) is 70.1 Å². The van der Waals surface area contributed by atoms with Crippen molar-refractivity contribution in [3.05, 3.63) is 30.2 Å². The first-order valence-corrected chi connectivity index (χ1v) is 9.62. The van der Waals surface area contributed by atoms with Crippen molar-refractivity contribution in [3.63, 3.8) is 0 Å². The van der Waals surface area contributed by atoms with Gasteiger partial charge in [-0.1, -0.05) is 0 Å². The molecule has 2 fully saturated rings. The van der Waals surface area contributed by atoms with E-state index in [9.17, 15) is 4.79 Å². The van der Waals surface area contributed by atoms with Crippen LogP contribution in [-0.2, 0) is 11.8 Å². The third-order valence-electron chi connectivity index (χ3n) is 5.89. The standard InChI is InChI=1S/C20H24N6O/c1-13-16(12-22-24(13)2)17-11-15-18(5-6-21-19(15)23-17)25-7-9-26(10-8-25)20(27)14-3-4-14/h5-6,11-12,14H,3-4,7-10H2,1-2H3,(H,21,23). The van der Waals surface area contributed by atoms with Gasteiger partial charge in [-0.25, -0.2) is 4.98 Å². The van der Waals surface area contributed by atoms with Crippen LogP contribution in [0.5, 0.6) is 0 Å². The first-order chi connectivity index (χ1) is 13.1. The molecule has 0 bridgehead atoms. The molecule has 1 saturated heterocycles. The molecule has 1 saturated carbocycles. The fourth-order valence-electron chi connectivity index (χ4n) is 3.95. The van der Waals surface area contributed by atoms with Crippen LogP contribution in [0, 0.1) is 12.8 Å². The molecule has 1 aliphatic heterocycles. The van der Waals surface area contributed by atoms with Crippen LogP contribution >= 0.6 is 0 Å². The molecule has 1 aliphatic carbocycles. The predicted octanol–water partition coefficient (Wildman–Crippen LogP) is 2.33. The Bertz CT molecular complexity index is 1010. The van der Waals surface area contributed by atoms with Gasteiger partial charge < -0.3 is 14.8 Å². The number of piperazine rings is 1. The van der Waals surface area contributed by atoms with Crippen LogP contribution in [0.25, 0.3) is 22.3 Å². The number of anilines is 1. The normalized spacial score (nSPS) is 17.7. The van der Waals surface area contributed by atoms with E-state index >= 15 is 0 Å². The molecule has 27 heavy (non-hydrogen) atoms. The average Bonchev–Trinajstić information content (AvgIpc) is 3.37. The summed E-state index contributed by atoms with van der Waals surface area (Å²) in [6.45, 7) is 5.41. The molecular weight excluding hydrogens is 340 g/mol. The molecule has 7 heteroatoms. The van der Waals surface area contributed by atoms with Crippen LogP contribution in [0.2, 0.25) is 0 Å². The number of nitrogens with zero attached hydrogens (tertiary/aromatic N) is 5. The largest absolute Gasteiger partial charge is 0.367 e. The highest BCUT2D eigenvalue weighted by Crippen LogP contribution is 2.33. The Morgan fingerprint density at radius 2 is 2.00 bits per heavy atom. The first kappa shape index (κ1) is 16.4. The second-order valence-corrected chi connectivity index (χ2v) is 7.63. The van der Waals surface area contributed by atoms with Crippen molar-refractivity contribution in [2.24, 2.45) is 13.0 Å². The molecule has 3 aromatic heterocycles. The number of hydrogen-bond acceptors (Lipinski definition) is 4. The number of aryl methyl sites for hydroxylation is 1. The predicted molar refractivity (Wildman–Crippen MR) is 105 cm³/mol. The number of rotatable bonds is 3. The van der Waals surface area contributed by atoms with E-state index in [2.05, 4.69) is 39.0 Å². The van der Waals surface area contributed by atoms with Crippen molar-refractivity contribution in [3.8, 4) is 11.3 Å². The van der Waals surface area contributed by atoms with E-state index in [0.29, 0.717) is 11.8 Å². The Labute approximate surface area is 158 Å². The van der Waals surface area contributed by atoms with Crippen LogP contribution in [0.4, 0.5) is 5.69 Å². The van der Waals surface area contributed by atoms with Crippen LogP contribution in [0.3, 0.4) is 0 Å². The number of carbonyl (C=O) groups excluding carboxylic acids is 1. The minimum Gasteiger partial charge on any atom is -0.367 e. The van der Waals surface area contributed by atoms with Crippen LogP contribution < -0.4 is 4.90 Å². The highest BCUT2D eigenvalue weighted by molar-refractivity contribution is 5.94. The lowest BCUT2D eigenvalue weighted by atomic mass is 10.1. The highest BCUT2D eigenvalue weighted by atomic mass is 16.2. The lowest BCUT2D eigenvalue weighted by molar-refractivity contribution is -0.132. The van der Waals surface area contributed by atoms with Gasteiger partial charge in [-0.2, -0.15) is 5.10 Å². The van der Waals surface area contributed by atoms with Gasteiger partial charge in [0, 0.05) is 67.7 Å². The van der Waals surface area contributed by atoms with Gasteiger partial charge in [-0.15, -0.1) is 0 Å². The Hall–Kier alpha value is -2.83. The van der Waals surface area contributed by atoms with Gasteiger partial charge in [-0.05, 0) is 31.9 Å². The quantitative estimate of drug-likeness (QED) is 0.774. The van der Waals surface area contributed by atoms with Gasteiger partial charge in [0.1, 0.15) is 5.65 Å². The first-order valence-electron chi connectivity index (χ1n) is 9.62. The maximum Gasteiger partial charge on any atom is 0.225 e. The molecule has 1 amide bonds. The Kier molecular flexibility index (Phi) is 3.70. The number of aromatic nitrogens is 4. The minimum absolute atomic E-state index is 0.305. The van der Waals surface area contributed by atoms with Crippen LogP contribution in [0.15, 0.2) is 24.5 Å². The van der Waals surface area contributed by atoms with E-state index in [-0.39, 0.29) is 0 Å². The molecule has 140 valence electrons. The third-order valence-corrected chi connectivity index (χ3v) is 5.89. The molecule has 4 heterocycles. The summed E-state index contributed by atoms with van der Waals surface area (Å²) in [4.78, 5) is 24.7. The van der Waals surface area contributed by atoms with Gasteiger partial charge in [-0.3, -0.25) is 9.48 Å². The van der Waals surface area contributed by atoms with Crippen molar-refractivity contribution in [1.82, 2.24) is 24.6 Å². The second-order valence-electron chi connectivity index (χ2n) is 7.63. The molecule has 0 atom stereocenters. The molecule has 0 radical (unpaired) electrons. The van der Waals surface area contributed by atoms with Crippen LogP contribution in [0.1, 0.15) is 18.5 Å². The zero-order valence-corrected chi connectivity index (χ0v) is 15.8. The molecule has 3 aromatic rings. The van der Waals surface area contributed by atoms with Gasteiger partial charge in [0.2, 0.25) is 5.91 Å². The van der Waals surface area contributed by atoms with E-state index in [4.69, 9.17) is 0 Å². The molecule has 0 spiro atoms. The summed E-state index contributed by atoms with van der Waals surface area (Å²) in [5, 5.41) is 5.47. The lowest BCUT2D eigenvalue weighted by Gasteiger charge is -2.36. The third kappa shape index (κ3) is 2.78. The van der Waals surface area contributed by atoms with E-state index in [1.54, 1.807) is 0 Å². The number of H-pyrrole nitrogens is 1. The van der Waals surface area contributed by atoms with Gasteiger partial charge in [0.25, 0.3) is 0 Å². The summed E-state index contributed by atoms with van der Waals surface area (Å²) in [5.74, 6) is 0.657. The molecular formula is C20H24N6O. The molecule has 1 N–H and O–H groups in total.